The Kier molecular flexibility index (Phi) is 3.08. The van der Waals surface area contributed by atoms with Crippen LogP contribution in [0.4, 0.5) is 5.69 Å². The molecule has 1 amide bonds. The lowest BCUT2D eigenvalue weighted by molar-refractivity contribution is 0.102. The fourth-order valence-electron chi connectivity index (χ4n) is 1.26. The van der Waals surface area contributed by atoms with Gasteiger partial charge in [0.15, 0.2) is 0 Å². The van der Waals surface area contributed by atoms with E-state index in [9.17, 15) is 4.79 Å². The number of hydrogen-bond acceptors (Lipinski definition) is 4. The van der Waals surface area contributed by atoms with Crippen molar-refractivity contribution in [3.8, 4) is 6.07 Å². The molecule has 5 heteroatoms. The van der Waals surface area contributed by atoms with Crippen molar-refractivity contribution < 1.29 is 4.79 Å². The van der Waals surface area contributed by atoms with E-state index in [2.05, 4.69) is 15.3 Å². The molecule has 0 aliphatic rings. The highest BCUT2D eigenvalue weighted by molar-refractivity contribution is 6.02. The van der Waals surface area contributed by atoms with Gasteiger partial charge >= 0.3 is 0 Å². The molecule has 0 unspecified atom stereocenters. The summed E-state index contributed by atoms with van der Waals surface area (Å²) < 4.78 is 0. The van der Waals surface area contributed by atoms with Gasteiger partial charge in [0.05, 0.1) is 17.4 Å². The lowest BCUT2D eigenvalue weighted by Crippen LogP contribution is -2.13. The summed E-state index contributed by atoms with van der Waals surface area (Å²) in [6.07, 6.45) is 4.44. The Hall–Kier alpha value is -2.74. The third kappa shape index (κ3) is 2.63. The van der Waals surface area contributed by atoms with E-state index in [-0.39, 0.29) is 5.91 Å². The smallest absolute Gasteiger partial charge is 0.274 e. The minimum atomic E-state index is -0.331. The molecule has 0 aliphatic carbocycles. The Morgan fingerprint density at radius 3 is 2.94 bits per heavy atom. The van der Waals surface area contributed by atoms with E-state index in [0.29, 0.717) is 16.9 Å². The number of rotatable bonds is 2. The Bertz CT molecular complexity index is 575. The minimum absolute atomic E-state index is 0.315. The fraction of sp³-hybridized carbons (Fsp3) is 0. The van der Waals surface area contributed by atoms with Crippen molar-refractivity contribution in [2.75, 3.05) is 5.32 Å². The summed E-state index contributed by atoms with van der Waals surface area (Å²) in [7, 11) is 0. The lowest BCUT2D eigenvalue weighted by atomic mass is 10.3. The zero-order chi connectivity index (χ0) is 12.1. The number of hydrogen-bond donors (Lipinski definition) is 1. The van der Waals surface area contributed by atoms with Crippen LogP contribution < -0.4 is 5.32 Å². The van der Waals surface area contributed by atoms with E-state index >= 15 is 0 Å². The summed E-state index contributed by atoms with van der Waals surface area (Å²) in [5, 5.41) is 11.3. The van der Waals surface area contributed by atoms with Crippen LogP contribution in [0.1, 0.15) is 16.1 Å². The van der Waals surface area contributed by atoms with Crippen LogP contribution in [0.25, 0.3) is 0 Å². The Morgan fingerprint density at radius 2 is 2.24 bits per heavy atom. The van der Waals surface area contributed by atoms with Crippen molar-refractivity contribution in [2.45, 2.75) is 0 Å². The Labute approximate surface area is 97.8 Å². The van der Waals surface area contributed by atoms with Gasteiger partial charge in [-0.25, -0.2) is 0 Å². The average molecular weight is 224 g/mol. The first-order chi connectivity index (χ1) is 8.29. The van der Waals surface area contributed by atoms with Crippen molar-refractivity contribution in [3.05, 3.63) is 54.1 Å². The maximum Gasteiger partial charge on any atom is 0.274 e. The van der Waals surface area contributed by atoms with E-state index in [1.54, 1.807) is 30.5 Å². The summed E-state index contributed by atoms with van der Waals surface area (Å²) >= 11 is 0. The SMILES string of the molecule is N#Cc1cncc(NC(=O)c2ccccn2)c1. The third-order valence-electron chi connectivity index (χ3n) is 2.02. The van der Waals surface area contributed by atoms with Crippen molar-refractivity contribution in [1.82, 2.24) is 9.97 Å². The lowest BCUT2D eigenvalue weighted by Gasteiger charge is -2.03. The highest BCUT2D eigenvalue weighted by atomic mass is 16.1. The van der Waals surface area contributed by atoms with Gasteiger partial charge in [-0.15, -0.1) is 0 Å². The molecule has 2 rings (SSSR count). The second-order valence-corrected chi connectivity index (χ2v) is 3.24. The summed E-state index contributed by atoms with van der Waals surface area (Å²) in [5.74, 6) is -0.331. The number of carbonyl (C=O) groups is 1. The summed E-state index contributed by atoms with van der Waals surface area (Å²) in [6, 6.07) is 8.57. The molecule has 0 saturated carbocycles. The van der Waals surface area contributed by atoms with Gasteiger partial charge < -0.3 is 5.32 Å². The van der Waals surface area contributed by atoms with E-state index in [1.807, 2.05) is 6.07 Å². The number of aromatic nitrogens is 2. The molecule has 1 N–H and O–H groups in total. The molecule has 0 aromatic carbocycles. The molecule has 82 valence electrons. The largest absolute Gasteiger partial charge is 0.319 e. The molecule has 0 spiro atoms. The zero-order valence-electron chi connectivity index (χ0n) is 8.79. The molecule has 0 fully saturated rings. The molecule has 5 nitrogen and oxygen atoms in total. The standard InChI is InChI=1S/C12H8N4O/c13-6-9-5-10(8-14-7-9)16-12(17)11-3-1-2-4-15-11/h1-5,7-8H,(H,16,17). The van der Waals surface area contributed by atoms with Crippen molar-refractivity contribution >= 4 is 11.6 Å². The molecule has 2 aromatic rings. The first-order valence-corrected chi connectivity index (χ1v) is 4.87. The number of nitrogens with zero attached hydrogens (tertiary/aromatic N) is 3. The number of pyridine rings is 2. The van der Waals surface area contributed by atoms with E-state index in [1.165, 1.54) is 12.4 Å². The predicted molar refractivity (Wildman–Crippen MR) is 61.1 cm³/mol. The topological polar surface area (TPSA) is 78.7 Å². The molecule has 0 radical (unpaired) electrons. The second-order valence-electron chi connectivity index (χ2n) is 3.24. The van der Waals surface area contributed by atoms with Gasteiger partial charge in [0, 0.05) is 12.4 Å². The number of amides is 1. The number of nitrogens with one attached hydrogen (secondary N) is 1. The van der Waals surface area contributed by atoms with Gasteiger partial charge in [-0.3, -0.25) is 14.8 Å². The average Bonchev–Trinajstić information content (AvgIpc) is 2.40. The monoisotopic (exact) mass is 224 g/mol. The quantitative estimate of drug-likeness (QED) is 0.840. The molecule has 2 heterocycles. The first-order valence-electron chi connectivity index (χ1n) is 4.87. The zero-order valence-corrected chi connectivity index (χ0v) is 8.79. The maximum atomic E-state index is 11.7. The number of anilines is 1. The molecule has 0 bridgehead atoms. The van der Waals surface area contributed by atoms with Crippen LogP contribution in [0.5, 0.6) is 0 Å². The van der Waals surface area contributed by atoms with Gasteiger partial charge in [0.2, 0.25) is 0 Å². The summed E-state index contributed by atoms with van der Waals surface area (Å²) in [6.45, 7) is 0. The van der Waals surface area contributed by atoms with Crippen molar-refractivity contribution in [3.63, 3.8) is 0 Å². The van der Waals surface area contributed by atoms with Crippen LogP contribution >= 0.6 is 0 Å². The summed E-state index contributed by atoms with van der Waals surface area (Å²) in [5.41, 5.74) is 1.18. The van der Waals surface area contributed by atoms with Gasteiger partial charge in [-0.05, 0) is 18.2 Å². The van der Waals surface area contributed by atoms with E-state index < -0.39 is 0 Å². The van der Waals surface area contributed by atoms with Crippen molar-refractivity contribution in [2.24, 2.45) is 0 Å². The van der Waals surface area contributed by atoms with Crippen molar-refractivity contribution in [1.29, 1.82) is 5.26 Å². The molecular formula is C12H8N4O. The van der Waals surface area contributed by atoms with Crippen LogP contribution in [0.15, 0.2) is 42.9 Å². The highest BCUT2D eigenvalue weighted by Crippen LogP contribution is 2.08. The maximum absolute atomic E-state index is 11.7. The van der Waals surface area contributed by atoms with Crippen LogP contribution in [0, 0.1) is 11.3 Å². The minimum Gasteiger partial charge on any atom is -0.319 e. The third-order valence-corrected chi connectivity index (χ3v) is 2.02. The van der Waals surface area contributed by atoms with E-state index in [0.717, 1.165) is 0 Å². The molecular weight excluding hydrogens is 216 g/mol. The van der Waals surface area contributed by atoms with Gasteiger partial charge in [-0.1, -0.05) is 6.07 Å². The van der Waals surface area contributed by atoms with Crippen LogP contribution in [-0.2, 0) is 0 Å². The van der Waals surface area contributed by atoms with E-state index in [4.69, 9.17) is 5.26 Å². The first kappa shape index (κ1) is 10.8. The Morgan fingerprint density at radius 1 is 1.35 bits per heavy atom. The van der Waals surface area contributed by atoms with Crippen LogP contribution in [-0.4, -0.2) is 15.9 Å². The van der Waals surface area contributed by atoms with Gasteiger partial charge in [-0.2, -0.15) is 5.26 Å². The predicted octanol–water partition coefficient (Wildman–Crippen LogP) is 1.60. The summed E-state index contributed by atoms with van der Waals surface area (Å²) in [4.78, 5) is 19.5. The highest BCUT2D eigenvalue weighted by Gasteiger charge is 2.06. The molecule has 2 aromatic heterocycles. The normalized spacial score (nSPS) is 9.35. The second kappa shape index (κ2) is 4.86. The molecule has 0 saturated heterocycles. The van der Waals surface area contributed by atoms with Crippen LogP contribution in [0.3, 0.4) is 0 Å². The molecule has 17 heavy (non-hydrogen) atoms. The molecule has 0 aliphatic heterocycles. The fourth-order valence-corrected chi connectivity index (χ4v) is 1.26. The van der Waals surface area contributed by atoms with Gasteiger partial charge in [0.25, 0.3) is 5.91 Å². The Balaban J connectivity index is 2.17. The number of carbonyl (C=O) groups excluding carboxylic acids is 1. The van der Waals surface area contributed by atoms with Crippen LogP contribution in [0.2, 0.25) is 0 Å². The molecule has 0 atom stereocenters. The number of nitriles is 1. The van der Waals surface area contributed by atoms with Gasteiger partial charge in [0.1, 0.15) is 11.8 Å².